The lowest BCUT2D eigenvalue weighted by Crippen LogP contribution is -2.09. The van der Waals surface area contributed by atoms with Gasteiger partial charge in [0.25, 0.3) is 0 Å². The summed E-state index contributed by atoms with van der Waals surface area (Å²) in [7, 11) is -4.43. The summed E-state index contributed by atoms with van der Waals surface area (Å²) in [5.74, 6) is 12.6. The molecule has 0 saturated carbocycles. The van der Waals surface area contributed by atoms with Gasteiger partial charge in [0.2, 0.25) is 16.9 Å². The van der Waals surface area contributed by atoms with Crippen LogP contribution >= 0.6 is 19.2 Å². The number of rotatable bonds is 24. The molecule has 0 fully saturated rings. The smallest absolute Gasteiger partial charge is 0.471 e. The van der Waals surface area contributed by atoms with Gasteiger partial charge in [-0.1, -0.05) is 188 Å². The molecule has 12 rings (SSSR count). The van der Waals surface area contributed by atoms with Crippen molar-refractivity contribution in [1.29, 1.82) is 0 Å². The number of hydrogen-bond donors (Lipinski definition) is 14. The van der Waals surface area contributed by atoms with Crippen LogP contribution in [0.4, 0.5) is 17.2 Å². The number of aliphatic hydroxyl groups excluding tert-OH is 3. The van der Waals surface area contributed by atoms with Crippen molar-refractivity contribution in [2.45, 2.75) is 270 Å². The second-order valence-corrected chi connectivity index (χ2v) is 31.4. The van der Waals surface area contributed by atoms with Crippen molar-refractivity contribution in [3.63, 3.8) is 0 Å². The monoisotopic (exact) mass is 1710 g/mol. The van der Waals surface area contributed by atoms with E-state index < -0.39 is 13.8 Å². The van der Waals surface area contributed by atoms with Crippen molar-refractivity contribution in [1.82, 2.24) is 155 Å². The number of phosphoric acid groups is 1. The van der Waals surface area contributed by atoms with Crippen LogP contribution < -0.4 is 16.8 Å². The van der Waals surface area contributed by atoms with Crippen LogP contribution in [0.25, 0.3) is 0 Å². The summed E-state index contributed by atoms with van der Waals surface area (Å²) in [6, 6.07) is 2.50. The van der Waals surface area contributed by atoms with Gasteiger partial charge in [0.05, 0.1) is 32.9 Å². The lowest BCUT2D eigenvalue weighted by molar-refractivity contribution is -0.137. The zero-order valence-electron chi connectivity index (χ0n) is 73.2. The Balaban J connectivity index is 0.000000652. The van der Waals surface area contributed by atoms with Crippen LogP contribution in [-0.4, -0.2) is 218 Å². The molecule has 0 unspecified atom stereocenters. The first kappa shape index (κ1) is 106. The Hall–Kier alpha value is -10.9. The van der Waals surface area contributed by atoms with E-state index in [1.807, 2.05) is 88.4 Å². The molecule has 0 aliphatic rings. The summed E-state index contributed by atoms with van der Waals surface area (Å²) >= 11 is 1.45. The van der Waals surface area contributed by atoms with E-state index in [0.29, 0.717) is 102 Å². The molecular weight excluding hydrogens is 1580 g/mol. The third kappa shape index (κ3) is 47.3. The number of H-pyrrole nitrogens is 5. The van der Waals surface area contributed by atoms with Gasteiger partial charge in [-0.25, -0.2) is 58.5 Å². The zero-order chi connectivity index (χ0) is 89.9. The van der Waals surface area contributed by atoms with Crippen LogP contribution in [0.5, 0.6) is 0 Å². The van der Waals surface area contributed by atoms with E-state index in [4.69, 9.17) is 50.5 Å². The van der Waals surface area contributed by atoms with Crippen LogP contribution in [0.1, 0.15) is 312 Å². The highest BCUT2D eigenvalue weighted by atomic mass is 32.1. The molecule has 119 heavy (non-hydrogen) atoms. The molecule has 0 aliphatic carbocycles. The fourth-order valence-corrected chi connectivity index (χ4v) is 8.66. The number of anilines is 3. The first-order valence-electron chi connectivity index (χ1n) is 38.7. The van der Waals surface area contributed by atoms with E-state index in [2.05, 4.69) is 243 Å². The second kappa shape index (κ2) is 58.1. The molecule has 47 heteroatoms. The highest BCUT2D eigenvalue weighted by molar-refractivity contribution is 7.46. The topological polar surface area (TPSA) is 637 Å². The zero-order valence-corrected chi connectivity index (χ0v) is 74.9. The number of phosphoric ester groups is 1. The van der Waals surface area contributed by atoms with Crippen molar-refractivity contribution >= 4 is 42.3 Å². The Morgan fingerprint density at radius 2 is 1.05 bits per heavy atom. The number of carbonyl (C=O) groups is 1. The Morgan fingerprint density at radius 3 is 1.37 bits per heavy atom. The normalized spacial score (nSPS) is 10.8. The van der Waals surface area contributed by atoms with Crippen molar-refractivity contribution in [3.05, 3.63) is 138 Å². The molecule has 664 valence electrons. The molecular formula is C72H129N34O11PS. The van der Waals surface area contributed by atoms with Gasteiger partial charge in [-0.2, -0.15) is 40.8 Å². The average molecular weight is 1710 g/mol. The number of aromatic nitrogens is 31. The molecule has 12 heterocycles. The molecule has 0 aliphatic heterocycles. The Kier molecular flexibility index (Phi) is 51.8. The van der Waals surface area contributed by atoms with Gasteiger partial charge in [0.1, 0.15) is 78.6 Å². The molecule has 0 radical (unpaired) electrons. The van der Waals surface area contributed by atoms with Crippen LogP contribution in [0.15, 0.2) is 71.5 Å². The third-order valence-electron chi connectivity index (χ3n) is 14.2. The summed E-state index contributed by atoms with van der Waals surface area (Å²) in [4.78, 5) is 62.3. The fraction of sp³-hybridized carbons (Fsp3) is 0.625. The number of nitrogen functional groups attached to an aromatic ring is 2. The lowest BCUT2D eigenvalue weighted by Gasteiger charge is -2.05. The maximum atomic E-state index is 10.4. The number of hydrogen-bond acceptors (Lipinski definition) is 34. The first-order chi connectivity index (χ1) is 56.0. The van der Waals surface area contributed by atoms with Crippen LogP contribution in [-0.2, 0) is 40.2 Å². The number of aromatic amines is 5. The highest BCUT2D eigenvalue weighted by Gasteiger charge is 2.16. The van der Waals surface area contributed by atoms with Gasteiger partial charge < -0.3 is 60.8 Å². The lowest BCUT2D eigenvalue weighted by atomic mass is 10.1. The predicted molar refractivity (Wildman–Crippen MR) is 448 cm³/mol. The molecule has 0 spiro atoms. The minimum atomic E-state index is -4.43. The van der Waals surface area contributed by atoms with Crippen molar-refractivity contribution in [2.24, 2.45) is 0 Å². The number of carboxylic acids is 1. The van der Waals surface area contributed by atoms with E-state index in [0.717, 1.165) is 45.8 Å². The number of aliphatic hydroxyl groups is 3. The number of nitrogens with zero attached hydrogens (tertiary/aromatic N) is 26. The van der Waals surface area contributed by atoms with E-state index in [9.17, 15) is 9.36 Å². The molecule has 0 amide bonds. The summed E-state index contributed by atoms with van der Waals surface area (Å²) in [6.07, 6.45) is 14.4. The summed E-state index contributed by atoms with van der Waals surface area (Å²) in [5, 5.41) is 103. The minimum Gasteiger partial charge on any atom is -0.480 e. The van der Waals surface area contributed by atoms with E-state index in [1.165, 1.54) is 58.0 Å². The molecule has 0 saturated heterocycles. The predicted octanol–water partition coefficient (Wildman–Crippen LogP) is 10.5. The van der Waals surface area contributed by atoms with E-state index >= 15 is 0 Å². The molecule has 0 aromatic carbocycles. The Bertz CT molecular complexity index is 4190. The number of nitrogens with two attached hydrogens (primary N) is 2. The highest BCUT2D eigenvalue weighted by Crippen LogP contribution is 2.36. The van der Waals surface area contributed by atoms with Crippen molar-refractivity contribution in [3.8, 4) is 0 Å². The maximum absolute atomic E-state index is 10.4. The number of nitrogens with one attached hydrogen (secondary N) is 6. The number of carboxylic acid groups (broad SMARTS) is 1. The standard InChI is InChI=1S/C7H11N3O2.C7H13N3O2.2C7H13N3O.C6H12N3O4P.C6H11N3.2C6H10N2.C5H9N3O.C5H9N3S.2C5H9N3/c1-5(2)7-8-4-10(9-7)3-6(11)12;1-5(2)6-9-10-7(12-6)8-3-4-11;1-6(2)7-8-5-10(9-7)3-4-11;1-6(2)7-8-5-9-10(7)3-4-11;1-5(2)6-7-3-9(8-6)4-13-14(10,11)12;1-4(2)6-7-5(3)8-9-6;1-5(2)6-7-3-4-8-6;1-5(2)6-3-4-7-8-6;2*1-3(2)4-7-8-5(6)9-4;2*1-4(2)5-6-3-7-8-5/h4-5H,3H2,1-2H3,(H,11,12);5,11H,3-4H2,1-2H3,(H,8,10);2*5-6,11H,3-4H2,1-2H3;3,5H,4H2,1-2H3,(H2,10,11,12);4H,1-3H3,(H,7,8,9);2*3-5H,1-2H3,(H,7,8);2*3H,1-2H3,(H2,6,8);2*3-4H,1-2H3,(H,6,7,8). The molecule has 45 nitrogen and oxygen atoms in total. The van der Waals surface area contributed by atoms with E-state index in [-0.39, 0.29) is 62.8 Å². The maximum Gasteiger partial charge on any atom is 0.471 e. The molecule has 0 bridgehead atoms. The molecule has 16 N–H and O–H groups in total. The van der Waals surface area contributed by atoms with Gasteiger partial charge in [0.15, 0.2) is 30.0 Å². The molecule has 12 aromatic rings. The van der Waals surface area contributed by atoms with Crippen LogP contribution in [0.3, 0.4) is 0 Å². The largest absolute Gasteiger partial charge is 0.480 e. The van der Waals surface area contributed by atoms with Crippen molar-refractivity contribution < 1.29 is 52.9 Å². The quantitative estimate of drug-likeness (QED) is 0.0250. The summed E-state index contributed by atoms with van der Waals surface area (Å²) in [6.45, 7) is 52.1. The summed E-state index contributed by atoms with van der Waals surface area (Å²) in [5.41, 5.74) is 11.7. The van der Waals surface area contributed by atoms with Gasteiger partial charge in [-0.3, -0.25) is 34.4 Å². The van der Waals surface area contributed by atoms with Crippen LogP contribution in [0.2, 0.25) is 0 Å². The van der Waals surface area contributed by atoms with Gasteiger partial charge in [-0.05, 0) is 18.9 Å². The minimum absolute atomic E-state index is 0.0550. The van der Waals surface area contributed by atoms with Gasteiger partial charge in [-0.15, -0.1) is 20.4 Å². The first-order valence-corrected chi connectivity index (χ1v) is 41.0. The molecule has 0 atom stereocenters. The second-order valence-electron chi connectivity index (χ2n) is 29.2. The van der Waals surface area contributed by atoms with Gasteiger partial charge >= 0.3 is 25.8 Å². The Morgan fingerprint density at radius 1 is 0.529 bits per heavy atom. The Labute approximate surface area is 698 Å². The van der Waals surface area contributed by atoms with Crippen molar-refractivity contribution in [2.75, 3.05) is 43.1 Å². The number of aryl methyl sites for hydroxylation is 1. The molecule has 12 aromatic heterocycles. The number of imidazole rings is 1. The van der Waals surface area contributed by atoms with Gasteiger partial charge in [0, 0.05) is 95.9 Å². The average Bonchev–Trinajstić information content (AvgIpc) is 1.73. The number of aliphatic carboxylic acids is 1. The fourth-order valence-electron chi connectivity index (χ4n) is 7.78. The van der Waals surface area contributed by atoms with E-state index in [1.54, 1.807) is 28.1 Å². The SMILES string of the molecule is CC(C)c1ccn[nH]1.CC(C)c1ncc[nH]1.CC(C)c1ncn(CC(=O)O)n1.CC(C)c1ncn(CCO)n1.CC(C)c1ncn(COP(=O)(O)O)n1.CC(C)c1ncn[nH]1.CC(C)c1ncn[nH]1.CC(C)c1ncnn1CCO.CC(C)c1nnc(N)o1.CC(C)c1nnc(N)s1.CC(C)c1nnc(NCCO)o1.Cc1nc(C(C)C)n[nH]1. The third-order valence-corrected chi connectivity index (χ3v) is 15.7. The van der Waals surface area contributed by atoms with Crippen LogP contribution in [0, 0.1) is 6.92 Å². The summed E-state index contributed by atoms with van der Waals surface area (Å²) < 4.78 is 30.6.